The molecule has 0 heterocycles. The molecule has 1 N–H and O–H groups in total. The molecule has 1 nitrogen and oxygen atoms in total. The first-order valence-electron chi connectivity index (χ1n) is 6.00. The van der Waals surface area contributed by atoms with E-state index < -0.39 is 5.60 Å². The minimum atomic E-state index is -0.573. The van der Waals surface area contributed by atoms with Crippen LogP contribution in [0.5, 0.6) is 0 Å². The van der Waals surface area contributed by atoms with E-state index in [0.717, 1.165) is 23.7 Å². The minimum absolute atomic E-state index is 0.573. The predicted molar refractivity (Wildman–Crippen MR) is 72.6 cm³/mol. The summed E-state index contributed by atoms with van der Waals surface area (Å²) in [4.78, 5) is 0. The molecular formula is C14H21BrO. The van der Waals surface area contributed by atoms with Gasteiger partial charge < -0.3 is 5.11 Å². The summed E-state index contributed by atoms with van der Waals surface area (Å²) in [7, 11) is 0. The predicted octanol–water partition coefficient (Wildman–Crippen LogP) is 4.32. The molecule has 0 bridgehead atoms. The van der Waals surface area contributed by atoms with Crippen LogP contribution in [-0.4, -0.2) is 10.7 Å². The fraction of sp³-hybridized carbons (Fsp3) is 0.571. The van der Waals surface area contributed by atoms with Crippen molar-refractivity contribution < 1.29 is 5.11 Å². The second-order valence-corrected chi connectivity index (χ2v) is 5.68. The molecule has 0 saturated heterocycles. The van der Waals surface area contributed by atoms with Gasteiger partial charge in [-0.25, -0.2) is 0 Å². The van der Waals surface area contributed by atoms with Crippen molar-refractivity contribution in [3.05, 3.63) is 34.3 Å². The van der Waals surface area contributed by atoms with E-state index in [-0.39, 0.29) is 0 Å². The zero-order valence-electron chi connectivity index (χ0n) is 10.2. The van der Waals surface area contributed by atoms with E-state index >= 15 is 0 Å². The van der Waals surface area contributed by atoms with Crippen LogP contribution in [0.15, 0.2) is 28.7 Å². The van der Waals surface area contributed by atoms with E-state index in [1.807, 2.05) is 19.1 Å². The van der Waals surface area contributed by atoms with Gasteiger partial charge in [-0.15, -0.1) is 0 Å². The summed E-state index contributed by atoms with van der Waals surface area (Å²) >= 11 is 3.45. The highest BCUT2D eigenvalue weighted by atomic mass is 79.9. The molecule has 1 atom stereocenters. The lowest BCUT2D eigenvalue weighted by Gasteiger charge is -2.23. The van der Waals surface area contributed by atoms with Crippen LogP contribution in [0.1, 0.15) is 45.1 Å². The van der Waals surface area contributed by atoms with Crippen molar-refractivity contribution in [2.45, 2.75) is 51.6 Å². The fourth-order valence-electron chi connectivity index (χ4n) is 1.93. The van der Waals surface area contributed by atoms with Crippen LogP contribution in [0, 0.1) is 0 Å². The summed E-state index contributed by atoms with van der Waals surface area (Å²) < 4.78 is 1.08. The molecule has 1 unspecified atom stereocenters. The SMILES string of the molecule is CCCCCC(C)(O)Cc1cccc(Br)c1. The first-order chi connectivity index (χ1) is 7.53. The van der Waals surface area contributed by atoms with Crippen molar-refractivity contribution in [3.8, 4) is 0 Å². The lowest BCUT2D eigenvalue weighted by atomic mass is 9.91. The molecule has 0 spiro atoms. The molecule has 90 valence electrons. The largest absolute Gasteiger partial charge is 0.390 e. The first kappa shape index (κ1) is 13.7. The van der Waals surface area contributed by atoms with Crippen LogP contribution in [-0.2, 0) is 6.42 Å². The van der Waals surface area contributed by atoms with Gasteiger partial charge in [0, 0.05) is 10.9 Å². The minimum Gasteiger partial charge on any atom is -0.390 e. The van der Waals surface area contributed by atoms with Crippen LogP contribution in [0.2, 0.25) is 0 Å². The number of hydrogen-bond donors (Lipinski definition) is 1. The van der Waals surface area contributed by atoms with Gasteiger partial charge in [0.2, 0.25) is 0 Å². The van der Waals surface area contributed by atoms with Crippen molar-refractivity contribution in [2.75, 3.05) is 0 Å². The van der Waals surface area contributed by atoms with E-state index in [4.69, 9.17) is 0 Å². The Morgan fingerprint density at radius 3 is 2.69 bits per heavy atom. The number of unbranched alkanes of at least 4 members (excludes halogenated alkanes) is 2. The average Bonchev–Trinajstić information content (AvgIpc) is 2.17. The number of halogens is 1. The molecule has 2 heteroatoms. The van der Waals surface area contributed by atoms with Gasteiger partial charge in [-0.3, -0.25) is 0 Å². The Bertz CT molecular complexity index is 320. The van der Waals surface area contributed by atoms with Gasteiger partial charge in [-0.2, -0.15) is 0 Å². The molecule has 0 aromatic heterocycles. The normalized spacial score (nSPS) is 14.8. The first-order valence-corrected chi connectivity index (χ1v) is 6.79. The number of benzene rings is 1. The van der Waals surface area contributed by atoms with Crippen molar-refractivity contribution >= 4 is 15.9 Å². The molecule has 1 rings (SSSR count). The fourth-order valence-corrected chi connectivity index (χ4v) is 2.38. The van der Waals surface area contributed by atoms with Crippen LogP contribution in [0.3, 0.4) is 0 Å². The van der Waals surface area contributed by atoms with Crippen molar-refractivity contribution in [2.24, 2.45) is 0 Å². The smallest absolute Gasteiger partial charge is 0.0660 e. The quantitative estimate of drug-likeness (QED) is 0.772. The van der Waals surface area contributed by atoms with E-state index in [9.17, 15) is 5.11 Å². The van der Waals surface area contributed by atoms with Gasteiger partial charge in [0.15, 0.2) is 0 Å². The third-order valence-electron chi connectivity index (χ3n) is 2.79. The van der Waals surface area contributed by atoms with Gasteiger partial charge in [-0.05, 0) is 31.0 Å². The molecule has 0 fully saturated rings. The molecule has 16 heavy (non-hydrogen) atoms. The van der Waals surface area contributed by atoms with Crippen molar-refractivity contribution in [3.63, 3.8) is 0 Å². The Labute approximate surface area is 107 Å². The maximum atomic E-state index is 10.3. The standard InChI is InChI=1S/C14H21BrO/c1-3-4-5-9-14(2,16)11-12-7-6-8-13(15)10-12/h6-8,10,16H,3-5,9,11H2,1-2H3. The van der Waals surface area contributed by atoms with Gasteiger partial charge in [0.1, 0.15) is 0 Å². The number of rotatable bonds is 6. The summed E-state index contributed by atoms with van der Waals surface area (Å²) in [5.74, 6) is 0. The van der Waals surface area contributed by atoms with Gasteiger partial charge in [-0.1, -0.05) is 54.2 Å². The van der Waals surface area contributed by atoms with E-state index in [2.05, 4.69) is 35.0 Å². The maximum Gasteiger partial charge on any atom is 0.0660 e. The summed E-state index contributed by atoms with van der Waals surface area (Å²) in [5, 5.41) is 10.3. The van der Waals surface area contributed by atoms with Crippen LogP contribution in [0.4, 0.5) is 0 Å². The summed E-state index contributed by atoms with van der Waals surface area (Å²) in [6.45, 7) is 4.12. The number of aliphatic hydroxyl groups is 1. The van der Waals surface area contributed by atoms with E-state index in [1.54, 1.807) is 0 Å². The van der Waals surface area contributed by atoms with Gasteiger partial charge in [0.25, 0.3) is 0 Å². The third-order valence-corrected chi connectivity index (χ3v) is 3.29. The molecule has 0 saturated carbocycles. The lowest BCUT2D eigenvalue weighted by Crippen LogP contribution is -2.26. The molecule has 0 aliphatic heterocycles. The average molecular weight is 285 g/mol. The topological polar surface area (TPSA) is 20.2 Å². The van der Waals surface area contributed by atoms with Gasteiger partial charge in [0.05, 0.1) is 5.60 Å². The van der Waals surface area contributed by atoms with Crippen LogP contribution >= 0.6 is 15.9 Å². The Morgan fingerprint density at radius 1 is 1.31 bits per heavy atom. The summed E-state index contributed by atoms with van der Waals surface area (Å²) in [6, 6.07) is 8.17. The Hall–Kier alpha value is -0.340. The zero-order chi connectivity index (χ0) is 12.0. The highest BCUT2D eigenvalue weighted by molar-refractivity contribution is 9.10. The third kappa shape index (κ3) is 5.13. The zero-order valence-corrected chi connectivity index (χ0v) is 11.8. The van der Waals surface area contributed by atoms with Crippen LogP contribution in [0.25, 0.3) is 0 Å². The summed E-state index contributed by atoms with van der Waals surface area (Å²) in [5.41, 5.74) is 0.617. The molecule has 0 radical (unpaired) electrons. The van der Waals surface area contributed by atoms with Crippen LogP contribution < -0.4 is 0 Å². The molecule has 0 amide bonds. The second kappa shape index (κ2) is 6.41. The van der Waals surface area contributed by atoms with E-state index in [1.165, 1.54) is 18.4 Å². The molecule has 1 aromatic rings. The second-order valence-electron chi connectivity index (χ2n) is 4.76. The number of hydrogen-bond acceptors (Lipinski definition) is 1. The molecule has 0 aliphatic rings. The van der Waals surface area contributed by atoms with Gasteiger partial charge >= 0.3 is 0 Å². The Kier molecular flexibility index (Phi) is 5.50. The highest BCUT2D eigenvalue weighted by Gasteiger charge is 2.20. The van der Waals surface area contributed by atoms with Crippen molar-refractivity contribution in [1.29, 1.82) is 0 Å². The lowest BCUT2D eigenvalue weighted by molar-refractivity contribution is 0.0486. The monoisotopic (exact) mass is 284 g/mol. The van der Waals surface area contributed by atoms with Crippen molar-refractivity contribution in [1.82, 2.24) is 0 Å². The maximum absolute atomic E-state index is 10.3. The molecule has 0 aliphatic carbocycles. The molecular weight excluding hydrogens is 264 g/mol. The Balaban J connectivity index is 2.51. The highest BCUT2D eigenvalue weighted by Crippen LogP contribution is 2.22. The molecule has 1 aromatic carbocycles. The summed E-state index contributed by atoms with van der Waals surface area (Å²) in [6.07, 6.45) is 5.13. The Morgan fingerprint density at radius 2 is 2.06 bits per heavy atom. The van der Waals surface area contributed by atoms with E-state index in [0.29, 0.717) is 0 Å².